The lowest BCUT2D eigenvalue weighted by atomic mass is 10.1. The highest BCUT2D eigenvalue weighted by atomic mass is 32.2. The Kier molecular flexibility index (Phi) is 5.16. The number of nitrogens with two attached hydrogens (primary N) is 1. The lowest BCUT2D eigenvalue weighted by Crippen LogP contribution is -2.25. The van der Waals surface area contributed by atoms with Gasteiger partial charge in [0.05, 0.1) is 4.90 Å². The van der Waals surface area contributed by atoms with Crippen LogP contribution in [0.4, 0.5) is 0 Å². The Morgan fingerprint density at radius 3 is 2.67 bits per heavy atom. The molecule has 1 heterocycles. The van der Waals surface area contributed by atoms with Crippen molar-refractivity contribution in [2.45, 2.75) is 24.3 Å². The maximum Gasteiger partial charge on any atom is 0.238 e. The molecule has 0 unspecified atom stereocenters. The summed E-state index contributed by atoms with van der Waals surface area (Å²) in [4.78, 5) is 3.73. The Hall–Kier alpha value is -1.21. The summed E-state index contributed by atoms with van der Waals surface area (Å²) in [6, 6.07) is 11.2. The molecule has 0 bridgehead atoms. The van der Waals surface area contributed by atoms with Crippen LogP contribution < -0.4 is 5.14 Å². The van der Waals surface area contributed by atoms with Gasteiger partial charge in [0, 0.05) is 17.5 Å². The molecule has 0 aliphatic rings. The summed E-state index contributed by atoms with van der Waals surface area (Å²) < 4.78 is 22.8. The van der Waals surface area contributed by atoms with Crippen LogP contribution in [0.25, 0.3) is 0 Å². The van der Waals surface area contributed by atoms with E-state index < -0.39 is 10.0 Å². The highest BCUT2D eigenvalue weighted by Gasteiger charge is 2.15. The molecule has 2 aromatic rings. The van der Waals surface area contributed by atoms with Gasteiger partial charge < -0.3 is 0 Å². The number of sulfonamides is 1. The van der Waals surface area contributed by atoms with E-state index in [4.69, 9.17) is 5.14 Å². The molecule has 0 aliphatic carbocycles. The van der Waals surface area contributed by atoms with E-state index in [9.17, 15) is 8.42 Å². The zero-order chi connectivity index (χ0) is 15.5. The van der Waals surface area contributed by atoms with Crippen LogP contribution in [-0.4, -0.2) is 26.9 Å². The van der Waals surface area contributed by atoms with Crippen LogP contribution in [0.2, 0.25) is 0 Å². The minimum atomic E-state index is -3.65. The molecule has 4 nitrogen and oxygen atoms in total. The molecule has 0 fully saturated rings. The van der Waals surface area contributed by atoms with E-state index in [1.54, 1.807) is 23.5 Å². The van der Waals surface area contributed by atoms with Crippen LogP contribution in [0.3, 0.4) is 0 Å². The quantitative estimate of drug-likeness (QED) is 0.888. The van der Waals surface area contributed by atoms with Gasteiger partial charge in [-0.2, -0.15) is 0 Å². The second kappa shape index (κ2) is 6.70. The number of primary sulfonamides is 1. The molecular formula is C15H20N2O2S2. The third kappa shape index (κ3) is 4.38. The van der Waals surface area contributed by atoms with Crippen LogP contribution in [0, 0.1) is 0 Å². The fourth-order valence-corrected chi connectivity index (χ4v) is 3.41. The van der Waals surface area contributed by atoms with E-state index >= 15 is 0 Å². The standard InChI is InChI=1S/C15H20N2O2S2/c1-12(17(2)9-8-14-6-4-10-20-14)13-5-3-7-15(11-13)21(16,18)19/h3-7,10-12H,8-9H2,1-2H3,(H2,16,18,19)/t12-/m0/s1. The summed E-state index contributed by atoms with van der Waals surface area (Å²) in [5.41, 5.74) is 0.954. The molecule has 6 heteroatoms. The van der Waals surface area contributed by atoms with E-state index in [2.05, 4.69) is 29.3 Å². The van der Waals surface area contributed by atoms with Crippen molar-refractivity contribution in [3.8, 4) is 0 Å². The number of thiophene rings is 1. The molecule has 0 spiro atoms. The average molecular weight is 324 g/mol. The first-order valence-corrected chi connectivity index (χ1v) is 9.16. The molecule has 2 rings (SSSR count). The lowest BCUT2D eigenvalue weighted by Gasteiger charge is -2.25. The van der Waals surface area contributed by atoms with E-state index in [-0.39, 0.29) is 10.9 Å². The van der Waals surface area contributed by atoms with E-state index in [1.807, 2.05) is 13.1 Å². The summed E-state index contributed by atoms with van der Waals surface area (Å²) in [5, 5.41) is 7.26. The van der Waals surface area contributed by atoms with Gasteiger partial charge in [0.15, 0.2) is 0 Å². The maximum atomic E-state index is 11.4. The van der Waals surface area contributed by atoms with Gasteiger partial charge in [0.1, 0.15) is 0 Å². The zero-order valence-electron chi connectivity index (χ0n) is 12.2. The Morgan fingerprint density at radius 2 is 2.05 bits per heavy atom. The van der Waals surface area contributed by atoms with Crippen molar-refractivity contribution in [1.29, 1.82) is 0 Å². The number of rotatable bonds is 6. The summed E-state index contributed by atoms with van der Waals surface area (Å²) >= 11 is 1.76. The third-order valence-electron chi connectivity index (χ3n) is 3.62. The van der Waals surface area contributed by atoms with Crippen LogP contribution >= 0.6 is 11.3 Å². The van der Waals surface area contributed by atoms with E-state index in [1.165, 1.54) is 10.9 Å². The smallest absolute Gasteiger partial charge is 0.238 e. The topological polar surface area (TPSA) is 63.4 Å². The van der Waals surface area contributed by atoms with Gasteiger partial charge in [-0.1, -0.05) is 18.2 Å². The monoisotopic (exact) mass is 324 g/mol. The normalized spacial score (nSPS) is 13.5. The maximum absolute atomic E-state index is 11.4. The first-order chi connectivity index (χ1) is 9.88. The largest absolute Gasteiger partial charge is 0.299 e. The van der Waals surface area contributed by atoms with E-state index in [0.29, 0.717) is 0 Å². The van der Waals surface area contributed by atoms with Crippen molar-refractivity contribution in [2.75, 3.05) is 13.6 Å². The van der Waals surface area contributed by atoms with Crippen LogP contribution in [0.1, 0.15) is 23.4 Å². The van der Waals surface area contributed by atoms with Gasteiger partial charge in [0.2, 0.25) is 10.0 Å². The number of benzene rings is 1. The molecule has 0 saturated carbocycles. The molecule has 0 aliphatic heterocycles. The van der Waals surface area contributed by atoms with Gasteiger partial charge in [-0.05, 0) is 49.5 Å². The van der Waals surface area contributed by atoms with E-state index in [0.717, 1.165) is 18.5 Å². The molecule has 0 radical (unpaired) electrons. The number of hydrogen-bond acceptors (Lipinski definition) is 4. The van der Waals surface area contributed by atoms with Crippen molar-refractivity contribution in [3.63, 3.8) is 0 Å². The fourth-order valence-electron chi connectivity index (χ4n) is 2.14. The Balaban J connectivity index is 2.06. The van der Waals surface area contributed by atoms with Crippen LogP contribution in [0.15, 0.2) is 46.7 Å². The Bertz CT molecular complexity index is 681. The molecule has 0 amide bonds. The molecule has 114 valence electrons. The minimum Gasteiger partial charge on any atom is -0.299 e. The van der Waals surface area contributed by atoms with Crippen molar-refractivity contribution >= 4 is 21.4 Å². The highest BCUT2D eigenvalue weighted by Crippen LogP contribution is 2.22. The minimum absolute atomic E-state index is 0.131. The van der Waals surface area contributed by atoms with Crippen molar-refractivity contribution < 1.29 is 8.42 Å². The van der Waals surface area contributed by atoms with Crippen molar-refractivity contribution in [1.82, 2.24) is 4.90 Å². The Labute approximate surface area is 130 Å². The van der Waals surface area contributed by atoms with Gasteiger partial charge >= 0.3 is 0 Å². The average Bonchev–Trinajstić information content (AvgIpc) is 2.96. The summed E-state index contributed by atoms with van der Waals surface area (Å²) in [7, 11) is -1.61. The highest BCUT2D eigenvalue weighted by molar-refractivity contribution is 7.89. The molecule has 1 aromatic heterocycles. The summed E-state index contributed by atoms with van der Waals surface area (Å²) in [5.74, 6) is 0. The number of hydrogen-bond donors (Lipinski definition) is 1. The summed E-state index contributed by atoms with van der Waals surface area (Å²) in [6.07, 6.45) is 0.993. The zero-order valence-corrected chi connectivity index (χ0v) is 13.8. The van der Waals surface area contributed by atoms with Crippen molar-refractivity contribution in [2.24, 2.45) is 5.14 Å². The second-order valence-corrected chi connectivity index (χ2v) is 7.70. The Morgan fingerprint density at radius 1 is 1.29 bits per heavy atom. The van der Waals surface area contributed by atoms with Crippen LogP contribution in [-0.2, 0) is 16.4 Å². The second-order valence-electron chi connectivity index (χ2n) is 5.10. The van der Waals surface area contributed by atoms with Gasteiger partial charge in [-0.15, -0.1) is 11.3 Å². The van der Waals surface area contributed by atoms with Gasteiger partial charge in [-0.25, -0.2) is 13.6 Å². The fraction of sp³-hybridized carbons (Fsp3) is 0.333. The molecule has 2 N–H and O–H groups in total. The third-order valence-corrected chi connectivity index (χ3v) is 5.47. The first-order valence-electron chi connectivity index (χ1n) is 6.73. The molecule has 1 aromatic carbocycles. The number of likely N-dealkylation sites (N-methyl/N-ethyl adjacent to an activating group) is 1. The molecular weight excluding hydrogens is 304 g/mol. The molecule has 0 saturated heterocycles. The van der Waals surface area contributed by atoms with Gasteiger partial charge in [-0.3, -0.25) is 4.90 Å². The van der Waals surface area contributed by atoms with Crippen LogP contribution in [0.5, 0.6) is 0 Å². The summed E-state index contributed by atoms with van der Waals surface area (Å²) in [6.45, 7) is 2.98. The molecule has 1 atom stereocenters. The van der Waals surface area contributed by atoms with Crippen molar-refractivity contribution in [3.05, 3.63) is 52.2 Å². The SMILES string of the molecule is C[C@@H](c1cccc(S(N)(=O)=O)c1)N(C)CCc1cccs1. The first kappa shape index (κ1) is 16.2. The predicted molar refractivity (Wildman–Crippen MR) is 86.9 cm³/mol. The van der Waals surface area contributed by atoms with Gasteiger partial charge in [0.25, 0.3) is 0 Å². The predicted octanol–water partition coefficient (Wildman–Crippen LogP) is 2.63. The number of nitrogens with zero attached hydrogens (tertiary/aromatic N) is 1. The lowest BCUT2D eigenvalue weighted by molar-refractivity contribution is 0.265. The molecule has 21 heavy (non-hydrogen) atoms.